The number of hydrogen-bond acceptors (Lipinski definition) is 3. The molecule has 4 aromatic rings. The van der Waals surface area contributed by atoms with Crippen LogP contribution in [0.15, 0.2) is 48.7 Å². The largest absolute Gasteiger partial charge is 0.477 e. The molecular weight excluding hydrogens is 394 g/mol. The van der Waals surface area contributed by atoms with Crippen LogP contribution in [0.5, 0.6) is 0 Å². The highest BCUT2D eigenvalue weighted by molar-refractivity contribution is 6.33. The van der Waals surface area contributed by atoms with E-state index in [0.717, 1.165) is 22.0 Å². The second kappa shape index (κ2) is 7.10. The second-order valence-corrected chi connectivity index (χ2v) is 6.96. The fourth-order valence-corrected chi connectivity index (χ4v) is 3.91. The zero-order chi connectivity index (χ0) is 20.7. The number of aromatic amines is 2. The van der Waals surface area contributed by atoms with Crippen LogP contribution in [0.1, 0.15) is 23.0 Å². The van der Waals surface area contributed by atoms with Crippen molar-refractivity contribution in [3.8, 4) is 22.4 Å². The van der Waals surface area contributed by atoms with E-state index in [2.05, 4.69) is 9.97 Å². The van der Waals surface area contributed by atoms with Crippen LogP contribution in [0.25, 0.3) is 33.3 Å². The summed E-state index contributed by atoms with van der Waals surface area (Å²) in [7, 11) is 0. The normalized spacial score (nSPS) is 11.1. The van der Waals surface area contributed by atoms with Crippen molar-refractivity contribution in [3.05, 3.63) is 75.1 Å². The predicted octanol–water partition coefficient (Wildman–Crippen LogP) is 5.65. The zero-order valence-corrected chi connectivity index (χ0v) is 16.1. The molecule has 0 atom stereocenters. The predicted molar refractivity (Wildman–Crippen MR) is 112 cm³/mol. The average molecular weight is 410 g/mol. The van der Waals surface area contributed by atoms with Crippen molar-refractivity contribution in [2.24, 2.45) is 0 Å². The van der Waals surface area contributed by atoms with E-state index in [-0.39, 0.29) is 16.4 Å². The summed E-state index contributed by atoms with van der Waals surface area (Å²) in [6.45, 7) is 1.91. The van der Waals surface area contributed by atoms with Gasteiger partial charge in [-0.3, -0.25) is 10.1 Å². The number of nitrogens with one attached hydrogen (secondary N) is 2. The standard InChI is InChI=1S/C21H16ClN3O4/c1-2-12-18(15-10-11(25(28)29)6-7-16(15)22)20(21(26)27)24-19(12)14-4-3-5-17-13(14)8-9-23-17/h3-10,23-24H,2H2,1H3,(H,26,27). The second-order valence-electron chi connectivity index (χ2n) is 6.55. The van der Waals surface area contributed by atoms with Gasteiger partial charge in [0.2, 0.25) is 0 Å². The minimum absolute atomic E-state index is 0.0493. The summed E-state index contributed by atoms with van der Waals surface area (Å²) in [4.78, 5) is 28.9. The number of H-pyrrole nitrogens is 2. The number of nitro benzene ring substituents is 1. The van der Waals surface area contributed by atoms with Gasteiger partial charge in [0.1, 0.15) is 5.69 Å². The molecule has 0 unspecified atom stereocenters. The smallest absolute Gasteiger partial charge is 0.352 e. The number of benzene rings is 2. The van der Waals surface area contributed by atoms with Gasteiger partial charge >= 0.3 is 5.97 Å². The van der Waals surface area contributed by atoms with E-state index >= 15 is 0 Å². The van der Waals surface area contributed by atoms with Crippen LogP contribution >= 0.6 is 11.6 Å². The van der Waals surface area contributed by atoms with E-state index in [1.54, 1.807) is 0 Å². The Morgan fingerprint density at radius 1 is 1.21 bits per heavy atom. The molecule has 4 rings (SSSR count). The quantitative estimate of drug-likeness (QED) is 0.292. The molecule has 0 fully saturated rings. The van der Waals surface area contributed by atoms with Crippen LogP contribution in [-0.2, 0) is 6.42 Å². The van der Waals surface area contributed by atoms with Gasteiger partial charge in [-0.25, -0.2) is 4.79 Å². The number of nitro groups is 1. The molecular formula is C21H16ClN3O4. The first-order chi connectivity index (χ1) is 13.9. The van der Waals surface area contributed by atoms with E-state index in [0.29, 0.717) is 23.2 Å². The molecule has 0 aliphatic heterocycles. The van der Waals surface area contributed by atoms with Crippen molar-refractivity contribution in [1.82, 2.24) is 9.97 Å². The van der Waals surface area contributed by atoms with Crippen LogP contribution in [0, 0.1) is 10.1 Å². The number of aromatic nitrogens is 2. The first-order valence-corrected chi connectivity index (χ1v) is 9.29. The highest BCUT2D eigenvalue weighted by Gasteiger charge is 2.26. The molecule has 0 radical (unpaired) electrons. The van der Waals surface area contributed by atoms with Crippen molar-refractivity contribution in [2.75, 3.05) is 0 Å². The topological polar surface area (TPSA) is 112 Å². The third-order valence-corrected chi connectivity index (χ3v) is 5.29. The van der Waals surface area contributed by atoms with E-state index in [4.69, 9.17) is 11.6 Å². The summed E-state index contributed by atoms with van der Waals surface area (Å²) >= 11 is 6.34. The Morgan fingerprint density at radius 2 is 2.00 bits per heavy atom. The zero-order valence-electron chi connectivity index (χ0n) is 15.3. The Balaban J connectivity index is 2.06. The number of hydrogen-bond donors (Lipinski definition) is 3. The summed E-state index contributed by atoms with van der Waals surface area (Å²) in [5.41, 5.74) is 3.65. The molecule has 0 bridgehead atoms. The Kier molecular flexibility index (Phi) is 4.60. The fourth-order valence-electron chi connectivity index (χ4n) is 3.70. The molecule has 0 saturated heterocycles. The Labute approximate surface area is 170 Å². The first kappa shape index (κ1) is 18.8. The van der Waals surface area contributed by atoms with Crippen molar-refractivity contribution >= 4 is 34.2 Å². The Morgan fingerprint density at radius 3 is 2.69 bits per heavy atom. The van der Waals surface area contributed by atoms with Gasteiger partial charge in [-0.2, -0.15) is 0 Å². The minimum Gasteiger partial charge on any atom is -0.477 e. The highest BCUT2D eigenvalue weighted by atomic mass is 35.5. The van der Waals surface area contributed by atoms with Crippen molar-refractivity contribution in [3.63, 3.8) is 0 Å². The van der Waals surface area contributed by atoms with Crippen molar-refractivity contribution < 1.29 is 14.8 Å². The summed E-state index contributed by atoms with van der Waals surface area (Å²) in [5, 5.41) is 22.3. The lowest BCUT2D eigenvalue weighted by Crippen LogP contribution is -2.00. The van der Waals surface area contributed by atoms with Crippen LogP contribution < -0.4 is 0 Å². The Hall–Kier alpha value is -3.58. The molecule has 2 aromatic carbocycles. The number of halogens is 1. The number of carboxylic acid groups (broad SMARTS) is 1. The average Bonchev–Trinajstić information content (AvgIpc) is 3.32. The lowest BCUT2D eigenvalue weighted by atomic mass is 9.95. The monoisotopic (exact) mass is 409 g/mol. The van der Waals surface area contributed by atoms with Gasteiger partial charge in [0.15, 0.2) is 0 Å². The number of carbonyl (C=O) groups is 1. The van der Waals surface area contributed by atoms with Gasteiger partial charge in [-0.05, 0) is 30.2 Å². The summed E-state index contributed by atoms with van der Waals surface area (Å²) in [6, 6.07) is 11.7. The summed E-state index contributed by atoms with van der Waals surface area (Å²) in [6.07, 6.45) is 2.33. The molecule has 2 heterocycles. The van der Waals surface area contributed by atoms with Crippen LogP contribution in [-0.4, -0.2) is 26.0 Å². The van der Waals surface area contributed by atoms with E-state index < -0.39 is 10.9 Å². The maximum Gasteiger partial charge on any atom is 0.352 e. The van der Waals surface area contributed by atoms with Crippen LogP contribution in [0.2, 0.25) is 5.02 Å². The van der Waals surface area contributed by atoms with Gasteiger partial charge in [-0.15, -0.1) is 0 Å². The summed E-state index contributed by atoms with van der Waals surface area (Å²) in [5.74, 6) is -1.16. The van der Waals surface area contributed by atoms with Gasteiger partial charge in [0.05, 0.1) is 10.6 Å². The van der Waals surface area contributed by atoms with E-state index in [9.17, 15) is 20.0 Å². The fraction of sp³-hybridized carbons (Fsp3) is 0.0952. The van der Waals surface area contributed by atoms with Gasteiger partial charge in [0, 0.05) is 50.9 Å². The minimum atomic E-state index is -1.16. The SMILES string of the molecule is CCc1c(-c2cccc3[nH]ccc23)[nH]c(C(=O)O)c1-c1cc([N+](=O)[O-])ccc1Cl. The lowest BCUT2D eigenvalue weighted by molar-refractivity contribution is -0.384. The van der Waals surface area contributed by atoms with Gasteiger partial charge in [-0.1, -0.05) is 30.7 Å². The number of fused-ring (bicyclic) bond motifs is 1. The maximum absolute atomic E-state index is 12.0. The first-order valence-electron chi connectivity index (χ1n) is 8.91. The maximum atomic E-state index is 12.0. The molecule has 0 aliphatic carbocycles. The number of non-ortho nitro benzene ring substituents is 1. The van der Waals surface area contributed by atoms with Crippen LogP contribution in [0.4, 0.5) is 5.69 Å². The van der Waals surface area contributed by atoms with Gasteiger partial charge in [0.25, 0.3) is 5.69 Å². The third-order valence-electron chi connectivity index (χ3n) is 4.97. The molecule has 0 saturated carbocycles. The van der Waals surface area contributed by atoms with E-state index in [1.165, 1.54) is 18.2 Å². The number of carboxylic acids is 1. The molecule has 0 spiro atoms. The number of aromatic carboxylic acids is 1. The molecule has 8 heteroatoms. The molecule has 0 aliphatic rings. The van der Waals surface area contributed by atoms with Crippen LogP contribution in [0.3, 0.4) is 0 Å². The molecule has 2 aromatic heterocycles. The number of rotatable bonds is 5. The summed E-state index contributed by atoms with van der Waals surface area (Å²) < 4.78 is 0. The third kappa shape index (κ3) is 3.05. The molecule has 7 nitrogen and oxygen atoms in total. The molecule has 146 valence electrons. The number of nitrogens with zero attached hydrogens (tertiary/aromatic N) is 1. The molecule has 29 heavy (non-hydrogen) atoms. The molecule has 0 amide bonds. The van der Waals surface area contributed by atoms with Gasteiger partial charge < -0.3 is 15.1 Å². The molecule has 3 N–H and O–H groups in total. The van der Waals surface area contributed by atoms with Crippen molar-refractivity contribution in [1.29, 1.82) is 0 Å². The highest BCUT2D eigenvalue weighted by Crippen LogP contribution is 2.41. The van der Waals surface area contributed by atoms with Crippen molar-refractivity contribution in [2.45, 2.75) is 13.3 Å². The van der Waals surface area contributed by atoms with E-state index in [1.807, 2.05) is 37.4 Å². The lowest BCUT2D eigenvalue weighted by Gasteiger charge is -2.09. The Bertz CT molecular complexity index is 1270.